The molecule has 1 N–H and O–H groups in total. The summed E-state index contributed by atoms with van der Waals surface area (Å²) in [5.74, 6) is 1.07. The Hall–Kier alpha value is -2.67. The molecule has 0 saturated heterocycles. The fourth-order valence-corrected chi connectivity index (χ4v) is 3.50. The van der Waals surface area contributed by atoms with Gasteiger partial charge in [-0.1, -0.05) is 6.07 Å². The van der Waals surface area contributed by atoms with Crippen LogP contribution in [0.2, 0.25) is 0 Å². The summed E-state index contributed by atoms with van der Waals surface area (Å²) in [4.78, 5) is 22.2. The second-order valence-electron chi connectivity index (χ2n) is 5.77. The SMILES string of the molecule is COc1cccc(Nc2ncnc3sc(C(=O)OC(C)C)c(C)c23)c1. The van der Waals surface area contributed by atoms with Crippen molar-refractivity contribution in [1.82, 2.24) is 9.97 Å². The number of benzene rings is 1. The van der Waals surface area contributed by atoms with Crippen LogP contribution >= 0.6 is 11.3 Å². The number of thiophene rings is 1. The first kappa shape index (κ1) is 17.2. The summed E-state index contributed by atoms with van der Waals surface area (Å²) in [7, 11) is 1.62. The molecule has 0 saturated carbocycles. The Kier molecular flexibility index (Phi) is 4.85. The molecule has 0 unspecified atom stereocenters. The van der Waals surface area contributed by atoms with Gasteiger partial charge >= 0.3 is 5.97 Å². The van der Waals surface area contributed by atoms with E-state index in [1.165, 1.54) is 17.7 Å². The maximum Gasteiger partial charge on any atom is 0.348 e. The van der Waals surface area contributed by atoms with Crippen LogP contribution in [0.5, 0.6) is 5.75 Å². The van der Waals surface area contributed by atoms with E-state index in [1.807, 2.05) is 45.0 Å². The van der Waals surface area contributed by atoms with Gasteiger partial charge in [-0.3, -0.25) is 0 Å². The number of hydrogen-bond acceptors (Lipinski definition) is 7. The van der Waals surface area contributed by atoms with E-state index in [-0.39, 0.29) is 12.1 Å². The van der Waals surface area contributed by atoms with E-state index in [9.17, 15) is 4.79 Å². The number of carbonyl (C=O) groups is 1. The number of anilines is 2. The van der Waals surface area contributed by atoms with Crippen LogP contribution in [-0.4, -0.2) is 29.2 Å². The largest absolute Gasteiger partial charge is 0.497 e. The molecule has 2 heterocycles. The molecule has 0 radical (unpaired) electrons. The number of carbonyl (C=O) groups excluding carboxylic acids is 1. The number of methoxy groups -OCH3 is 1. The van der Waals surface area contributed by atoms with Gasteiger partial charge in [0.2, 0.25) is 0 Å². The first-order valence-corrected chi connectivity index (χ1v) is 8.67. The lowest BCUT2D eigenvalue weighted by atomic mass is 10.2. The zero-order chi connectivity index (χ0) is 18.0. The molecule has 0 aliphatic rings. The minimum absolute atomic E-state index is 0.169. The molecule has 0 aliphatic heterocycles. The van der Waals surface area contributed by atoms with Crippen LogP contribution in [0.1, 0.15) is 29.1 Å². The van der Waals surface area contributed by atoms with Crippen LogP contribution in [0.15, 0.2) is 30.6 Å². The van der Waals surface area contributed by atoms with Gasteiger partial charge in [0.25, 0.3) is 0 Å². The minimum Gasteiger partial charge on any atom is -0.497 e. The van der Waals surface area contributed by atoms with E-state index >= 15 is 0 Å². The molecule has 25 heavy (non-hydrogen) atoms. The van der Waals surface area contributed by atoms with Gasteiger partial charge in [0, 0.05) is 11.8 Å². The Morgan fingerprint density at radius 1 is 1.28 bits per heavy atom. The highest BCUT2D eigenvalue weighted by molar-refractivity contribution is 7.20. The van der Waals surface area contributed by atoms with Crippen LogP contribution in [0.25, 0.3) is 10.2 Å². The van der Waals surface area contributed by atoms with Gasteiger partial charge in [0.15, 0.2) is 0 Å². The Balaban J connectivity index is 2.01. The first-order valence-electron chi connectivity index (χ1n) is 7.85. The average Bonchev–Trinajstić information content (AvgIpc) is 2.92. The molecule has 0 atom stereocenters. The minimum atomic E-state index is -0.331. The predicted molar refractivity (Wildman–Crippen MR) is 99.0 cm³/mol. The summed E-state index contributed by atoms with van der Waals surface area (Å²) in [5, 5.41) is 4.10. The molecule has 6 nitrogen and oxygen atoms in total. The number of aryl methyl sites for hydroxylation is 1. The summed E-state index contributed by atoms with van der Waals surface area (Å²) >= 11 is 1.32. The highest BCUT2D eigenvalue weighted by Crippen LogP contribution is 2.35. The second-order valence-corrected chi connectivity index (χ2v) is 6.77. The van der Waals surface area contributed by atoms with E-state index in [2.05, 4.69) is 15.3 Å². The summed E-state index contributed by atoms with van der Waals surface area (Å²) in [5.41, 5.74) is 1.66. The summed E-state index contributed by atoms with van der Waals surface area (Å²) in [6.07, 6.45) is 1.32. The smallest absolute Gasteiger partial charge is 0.348 e. The molecule has 2 aromatic heterocycles. The third-order valence-electron chi connectivity index (χ3n) is 3.59. The average molecular weight is 357 g/mol. The van der Waals surface area contributed by atoms with Crippen molar-refractivity contribution in [2.24, 2.45) is 0 Å². The lowest BCUT2D eigenvalue weighted by Crippen LogP contribution is -2.11. The highest BCUT2D eigenvalue weighted by Gasteiger charge is 2.21. The molecule has 130 valence electrons. The van der Waals surface area contributed by atoms with Gasteiger partial charge in [0.05, 0.1) is 18.6 Å². The number of ether oxygens (including phenoxy) is 2. The monoisotopic (exact) mass is 357 g/mol. The molecule has 0 amide bonds. The van der Waals surface area contributed by atoms with Crippen LogP contribution < -0.4 is 10.1 Å². The fraction of sp³-hybridized carbons (Fsp3) is 0.278. The molecular formula is C18H19N3O3S. The Morgan fingerprint density at radius 2 is 2.08 bits per heavy atom. The normalized spacial score (nSPS) is 10.9. The number of rotatable bonds is 5. The maximum absolute atomic E-state index is 12.3. The van der Waals surface area contributed by atoms with Gasteiger partial charge in [-0.15, -0.1) is 11.3 Å². The van der Waals surface area contributed by atoms with Crippen molar-refractivity contribution in [2.75, 3.05) is 12.4 Å². The molecule has 3 aromatic rings. The molecule has 7 heteroatoms. The highest BCUT2D eigenvalue weighted by atomic mass is 32.1. The number of hydrogen-bond donors (Lipinski definition) is 1. The van der Waals surface area contributed by atoms with E-state index in [4.69, 9.17) is 9.47 Å². The third kappa shape index (κ3) is 3.56. The van der Waals surface area contributed by atoms with Crippen molar-refractivity contribution >= 4 is 39.0 Å². The molecular weight excluding hydrogens is 338 g/mol. The maximum atomic E-state index is 12.3. The van der Waals surface area contributed by atoms with Gasteiger partial charge in [-0.2, -0.15) is 0 Å². The van der Waals surface area contributed by atoms with Gasteiger partial charge in [0.1, 0.15) is 27.6 Å². The quantitative estimate of drug-likeness (QED) is 0.686. The topological polar surface area (TPSA) is 73.3 Å². The number of aromatic nitrogens is 2. The van der Waals surface area contributed by atoms with E-state index in [1.54, 1.807) is 7.11 Å². The van der Waals surface area contributed by atoms with Crippen LogP contribution in [0.3, 0.4) is 0 Å². The van der Waals surface area contributed by atoms with Crippen molar-refractivity contribution in [3.05, 3.63) is 41.0 Å². The van der Waals surface area contributed by atoms with Gasteiger partial charge < -0.3 is 14.8 Å². The second kappa shape index (κ2) is 7.06. The van der Waals surface area contributed by atoms with Crippen LogP contribution in [0.4, 0.5) is 11.5 Å². The van der Waals surface area contributed by atoms with Crippen LogP contribution in [0, 0.1) is 6.92 Å². The van der Waals surface area contributed by atoms with Crippen molar-refractivity contribution < 1.29 is 14.3 Å². The number of fused-ring (bicyclic) bond motifs is 1. The van der Waals surface area contributed by atoms with Crippen molar-refractivity contribution in [1.29, 1.82) is 0 Å². The molecule has 0 spiro atoms. The lowest BCUT2D eigenvalue weighted by molar-refractivity contribution is 0.0383. The number of nitrogens with one attached hydrogen (secondary N) is 1. The molecule has 1 aromatic carbocycles. The van der Waals surface area contributed by atoms with Crippen molar-refractivity contribution in [3.8, 4) is 5.75 Å². The zero-order valence-corrected chi connectivity index (χ0v) is 15.3. The molecule has 0 bridgehead atoms. The summed E-state index contributed by atoms with van der Waals surface area (Å²) in [6.45, 7) is 5.54. The van der Waals surface area contributed by atoms with E-state index in [0.29, 0.717) is 10.7 Å². The van der Waals surface area contributed by atoms with E-state index < -0.39 is 0 Å². The Labute approximate surface area is 149 Å². The molecule has 3 rings (SSSR count). The van der Waals surface area contributed by atoms with Crippen molar-refractivity contribution in [3.63, 3.8) is 0 Å². The molecule has 0 aliphatic carbocycles. The zero-order valence-electron chi connectivity index (χ0n) is 14.5. The van der Waals surface area contributed by atoms with Gasteiger partial charge in [-0.05, 0) is 38.5 Å². The lowest BCUT2D eigenvalue weighted by Gasteiger charge is -2.09. The third-order valence-corrected chi connectivity index (χ3v) is 4.77. The standard InChI is InChI=1S/C18H19N3O3S/c1-10(2)24-18(22)15-11(3)14-16(19-9-20-17(14)25-15)21-12-6-5-7-13(8-12)23-4/h5-10H,1-4H3,(H,19,20,21). The van der Waals surface area contributed by atoms with Gasteiger partial charge in [-0.25, -0.2) is 14.8 Å². The predicted octanol–water partition coefficient (Wildman–Crippen LogP) is 4.32. The molecule has 0 fully saturated rings. The fourth-order valence-electron chi connectivity index (χ4n) is 2.47. The van der Waals surface area contributed by atoms with Crippen LogP contribution in [-0.2, 0) is 4.74 Å². The van der Waals surface area contributed by atoms with E-state index in [0.717, 1.165) is 27.2 Å². The number of esters is 1. The summed E-state index contributed by atoms with van der Waals surface area (Å²) in [6, 6.07) is 7.57. The summed E-state index contributed by atoms with van der Waals surface area (Å²) < 4.78 is 10.6. The first-order chi connectivity index (χ1) is 12.0. The number of nitrogens with zero attached hydrogens (tertiary/aromatic N) is 2. The van der Waals surface area contributed by atoms with Crippen molar-refractivity contribution in [2.45, 2.75) is 26.9 Å². The Morgan fingerprint density at radius 3 is 2.80 bits per heavy atom. The Bertz CT molecular complexity index is 921.